The molecule has 0 bridgehead atoms. The summed E-state index contributed by atoms with van der Waals surface area (Å²) < 4.78 is 10.5. The first kappa shape index (κ1) is 16.3. The summed E-state index contributed by atoms with van der Waals surface area (Å²) in [7, 11) is 1.64. The van der Waals surface area contributed by atoms with Crippen LogP contribution >= 0.6 is 0 Å². The molecule has 0 spiro atoms. The van der Waals surface area contributed by atoms with Crippen LogP contribution in [-0.2, 0) is 4.74 Å². The van der Waals surface area contributed by atoms with Crippen LogP contribution in [0.2, 0.25) is 0 Å². The van der Waals surface area contributed by atoms with E-state index in [2.05, 4.69) is 19.2 Å². The van der Waals surface area contributed by atoms with Gasteiger partial charge in [0.15, 0.2) is 0 Å². The minimum absolute atomic E-state index is 0.129. The van der Waals surface area contributed by atoms with Gasteiger partial charge in [0.1, 0.15) is 5.75 Å². The zero-order valence-electron chi connectivity index (χ0n) is 12.4. The molecule has 5 heteroatoms. The van der Waals surface area contributed by atoms with E-state index in [1.54, 1.807) is 25.3 Å². The van der Waals surface area contributed by atoms with Crippen LogP contribution in [0, 0.1) is 5.92 Å². The number of nitrogen functional groups attached to an aromatic ring is 1. The maximum absolute atomic E-state index is 12.0. The molecule has 3 N–H and O–H groups in total. The van der Waals surface area contributed by atoms with Crippen LogP contribution in [0.5, 0.6) is 5.75 Å². The summed E-state index contributed by atoms with van der Waals surface area (Å²) in [5.74, 6) is 0.833. The van der Waals surface area contributed by atoms with Crippen LogP contribution in [0.25, 0.3) is 0 Å². The number of carbonyl (C=O) groups is 1. The van der Waals surface area contributed by atoms with Gasteiger partial charge in [-0.05, 0) is 30.5 Å². The van der Waals surface area contributed by atoms with Gasteiger partial charge in [-0.25, -0.2) is 0 Å². The van der Waals surface area contributed by atoms with Gasteiger partial charge < -0.3 is 20.5 Å². The molecule has 0 radical (unpaired) electrons. The minimum atomic E-state index is -0.129. The molecule has 0 atom stereocenters. The lowest BCUT2D eigenvalue weighted by molar-refractivity contribution is 0.0948. The Labute approximate surface area is 120 Å². The van der Waals surface area contributed by atoms with Gasteiger partial charge in [0, 0.05) is 25.8 Å². The highest BCUT2D eigenvalue weighted by Crippen LogP contribution is 2.23. The van der Waals surface area contributed by atoms with Crippen molar-refractivity contribution in [3.05, 3.63) is 23.8 Å². The van der Waals surface area contributed by atoms with E-state index in [0.717, 1.165) is 6.42 Å². The largest absolute Gasteiger partial charge is 0.491 e. The second-order valence-electron chi connectivity index (χ2n) is 5.06. The first-order chi connectivity index (χ1) is 9.54. The fraction of sp³-hybridized carbons (Fsp3) is 0.533. The van der Waals surface area contributed by atoms with Crippen molar-refractivity contribution in [1.82, 2.24) is 5.32 Å². The average molecular weight is 280 g/mol. The second kappa shape index (κ2) is 8.43. The topological polar surface area (TPSA) is 73.6 Å². The first-order valence-corrected chi connectivity index (χ1v) is 6.84. The van der Waals surface area contributed by atoms with Crippen molar-refractivity contribution in [2.45, 2.75) is 20.3 Å². The number of nitrogens with one attached hydrogen (secondary N) is 1. The van der Waals surface area contributed by atoms with Gasteiger partial charge in [-0.1, -0.05) is 13.8 Å². The Morgan fingerprint density at radius 2 is 2.15 bits per heavy atom. The number of hydrogen-bond acceptors (Lipinski definition) is 4. The molecule has 0 unspecified atom stereocenters. The molecule has 0 saturated heterocycles. The van der Waals surface area contributed by atoms with E-state index in [-0.39, 0.29) is 5.91 Å². The molecule has 0 aliphatic carbocycles. The van der Waals surface area contributed by atoms with E-state index in [1.807, 2.05) is 0 Å². The summed E-state index contributed by atoms with van der Waals surface area (Å²) in [6, 6.07) is 5.08. The van der Waals surface area contributed by atoms with Crippen LogP contribution in [0.1, 0.15) is 30.6 Å². The van der Waals surface area contributed by atoms with E-state index in [0.29, 0.717) is 42.7 Å². The molecule has 0 aliphatic heterocycles. The lowest BCUT2D eigenvalue weighted by atomic mass is 10.1. The third-order valence-corrected chi connectivity index (χ3v) is 2.66. The fourth-order valence-corrected chi connectivity index (χ4v) is 1.58. The SMILES string of the molecule is COCCCNC(=O)c1ccc(N)c(OCC(C)C)c1. The Hall–Kier alpha value is -1.75. The molecule has 0 aliphatic rings. The quantitative estimate of drug-likeness (QED) is 0.565. The van der Waals surface area contributed by atoms with Crippen molar-refractivity contribution in [3.8, 4) is 5.75 Å². The number of ether oxygens (including phenoxy) is 2. The van der Waals surface area contributed by atoms with E-state index >= 15 is 0 Å². The van der Waals surface area contributed by atoms with E-state index in [4.69, 9.17) is 15.2 Å². The van der Waals surface area contributed by atoms with E-state index in [1.165, 1.54) is 0 Å². The molecule has 112 valence electrons. The lowest BCUT2D eigenvalue weighted by Gasteiger charge is -2.12. The zero-order valence-corrected chi connectivity index (χ0v) is 12.4. The highest BCUT2D eigenvalue weighted by molar-refractivity contribution is 5.95. The number of methoxy groups -OCH3 is 1. The Morgan fingerprint density at radius 1 is 1.40 bits per heavy atom. The molecule has 0 aromatic heterocycles. The van der Waals surface area contributed by atoms with Crippen LogP contribution in [0.4, 0.5) is 5.69 Å². The minimum Gasteiger partial charge on any atom is -0.491 e. The Kier molecular flexibility index (Phi) is 6.87. The molecule has 5 nitrogen and oxygen atoms in total. The van der Waals surface area contributed by atoms with Gasteiger partial charge in [-0.3, -0.25) is 4.79 Å². The molecule has 0 heterocycles. The third kappa shape index (κ3) is 5.48. The van der Waals surface area contributed by atoms with Crippen LogP contribution < -0.4 is 15.8 Å². The fourth-order valence-electron chi connectivity index (χ4n) is 1.58. The average Bonchev–Trinajstić information content (AvgIpc) is 2.42. The summed E-state index contributed by atoms with van der Waals surface area (Å²) in [4.78, 5) is 12.0. The molecule has 1 aromatic carbocycles. The standard InChI is InChI=1S/C15H24N2O3/c1-11(2)10-20-14-9-12(5-6-13(14)16)15(18)17-7-4-8-19-3/h5-6,9,11H,4,7-8,10,16H2,1-3H3,(H,17,18). The predicted octanol–water partition coefficient (Wildman–Crippen LogP) is 2.07. The molecular formula is C15H24N2O3. The molecule has 1 amide bonds. The molecule has 0 saturated carbocycles. The normalized spacial score (nSPS) is 10.6. The summed E-state index contributed by atoms with van der Waals surface area (Å²) in [6.07, 6.45) is 0.786. The van der Waals surface area contributed by atoms with Gasteiger partial charge in [0.05, 0.1) is 12.3 Å². The number of carbonyl (C=O) groups excluding carboxylic acids is 1. The van der Waals surface area contributed by atoms with Crippen molar-refractivity contribution in [3.63, 3.8) is 0 Å². The van der Waals surface area contributed by atoms with Crippen LogP contribution in [0.15, 0.2) is 18.2 Å². The maximum atomic E-state index is 12.0. The molecular weight excluding hydrogens is 256 g/mol. The summed E-state index contributed by atoms with van der Waals surface area (Å²) >= 11 is 0. The first-order valence-electron chi connectivity index (χ1n) is 6.84. The number of anilines is 1. The predicted molar refractivity (Wildman–Crippen MR) is 80.0 cm³/mol. The Balaban J connectivity index is 2.61. The lowest BCUT2D eigenvalue weighted by Crippen LogP contribution is -2.25. The van der Waals surface area contributed by atoms with E-state index in [9.17, 15) is 4.79 Å². The van der Waals surface area contributed by atoms with Gasteiger partial charge >= 0.3 is 0 Å². The second-order valence-corrected chi connectivity index (χ2v) is 5.06. The number of amides is 1. The van der Waals surface area contributed by atoms with Crippen molar-refractivity contribution in [2.24, 2.45) is 5.92 Å². The maximum Gasteiger partial charge on any atom is 0.251 e. The van der Waals surface area contributed by atoms with Crippen molar-refractivity contribution in [1.29, 1.82) is 0 Å². The number of hydrogen-bond donors (Lipinski definition) is 2. The van der Waals surface area contributed by atoms with E-state index < -0.39 is 0 Å². The highest BCUT2D eigenvalue weighted by atomic mass is 16.5. The highest BCUT2D eigenvalue weighted by Gasteiger charge is 2.09. The van der Waals surface area contributed by atoms with Gasteiger partial charge in [0.25, 0.3) is 5.91 Å². The Bertz CT molecular complexity index is 433. The zero-order chi connectivity index (χ0) is 15.0. The van der Waals surface area contributed by atoms with Gasteiger partial charge in [-0.2, -0.15) is 0 Å². The molecule has 20 heavy (non-hydrogen) atoms. The summed E-state index contributed by atoms with van der Waals surface area (Å²) in [6.45, 7) is 5.90. The smallest absolute Gasteiger partial charge is 0.251 e. The molecule has 1 aromatic rings. The molecule has 0 fully saturated rings. The summed E-state index contributed by atoms with van der Waals surface area (Å²) in [5.41, 5.74) is 6.94. The van der Waals surface area contributed by atoms with Crippen molar-refractivity contribution < 1.29 is 14.3 Å². The Morgan fingerprint density at radius 3 is 2.80 bits per heavy atom. The van der Waals surface area contributed by atoms with Crippen LogP contribution in [-0.4, -0.2) is 32.8 Å². The number of nitrogens with two attached hydrogens (primary N) is 1. The van der Waals surface area contributed by atoms with Crippen LogP contribution in [0.3, 0.4) is 0 Å². The monoisotopic (exact) mass is 280 g/mol. The van der Waals surface area contributed by atoms with Crippen molar-refractivity contribution in [2.75, 3.05) is 32.6 Å². The molecule has 1 rings (SSSR count). The third-order valence-electron chi connectivity index (χ3n) is 2.66. The number of rotatable bonds is 8. The van der Waals surface area contributed by atoms with Crippen molar-refractivity contribution >= 4 is 11.6 Å². The van der Waals surface area contributed by atoms with Gasteiger partial charge in [0.2, 0.25) is 0 Å². The number of benzene rings is 1. The summed E-state index contributed by atoms with van der Waals surface area (Å²) in [5, 5.41) is 2.83. The van der Waals surface area contributed by atoms with Gasteiger partial charge in [-0.15, -0.1) is 0 Å².